The minimum Gasteiger partial charge on any atom is -0.496 e. The first kappa shape index (κ1) is 46.2. The quantitative estimate of drug-likeness (QED) is 0.106. The van der Waals surface area contributed by atoms with Crippen LogP contribution in [0.5, 0.6) is 11.5 Å². The molecule has 4 heterocycles. The summed E-state index contributed by atoms with van der Waals surface area (Å²) >= 11 is 12.3. The Labute approximate surface area is 384 Å². The van der Waals surface area contributed by atoms with Gasteiger partial charge in [-0.05, 0) is 127 Å². The number of ether oxygens (including phenoxy) is 4. The van der Waals surface area contributed by atoms with E-state index in [2.05, 4.69) is 53.6 Å². The van der Waals surface area contributed by atoms with Gasteiger partial charge in [0.2, 0.25) is 5.95 Å². The predicted molar refractivity (Wildman–Crippen MR) is 236 cm³/mol. The van der Waals surface area contributed by atoms with Crippen LogP contribution in [0, 0.1) is 37.1 Å². The standard InChI is InChI=1S/C23H23ClN2O2.C19H15ClFNO.C5H10O.BH.U/c1-27-22-7-5-17(14-21(22)19-3-2-4-20(24)15-19)13-18-6-8-23(25-16-18)26-9-11-28-12-10-26;1-23-18-7-5-13(9-14-6-8-19(21)22-12-14)10-17(18)15-3-2-4-16(20)11-15;1-2-4-6-5-3-1;;/h2-8,14-16H,9-13H2,1H3;2-8,10-12H,9H2,1H3;1-5H2;1H;/i;;;1D;. The summed E-state index contributed by atoms with van der Waals surface area (Å²) in [5, 5.41) is 1.39. The number of rotatable bonds is 9. The van der Waals surface area contributed by atoms with Crippen molar-refractivity contribution in [2.75, 3.05) is 58.6 Å². The molecule has 0 atom stereocenters. The molecule has 6 aromatic rings. The molecule has 2 saturated heterocycles. The second-order valence-corrected chi connectivity index (χ2v) is 14.6. The molecule has 8 rings (SSSR count). The maximum atomic E-state index is 12.9. The first-order valence-corrected chi connectivity index (χ1v) is 20.0. The van der Waals surface area contributed by atoms with E-state index in [1.54, 1.807) is 26.5 Å². The number of hydrogen-bond donors (Lipinski definition) is 0. The summed E-state index contributed by atoms with van der Waals surface area (Å²) in [7, 11) is 7.09. The van der Waals surface area contributed by atoms with Gasteiger partial charge in [-0.25, -0.2) is 9.97 Å². The smallest absolute Gasteiger partial charge is 0.212 e. The van der Waals surface area contributed by atoms with Gasteiger partial charge in [-0.15, -0.1) is 0 Å². The Morgan fingerprint density at radius 1 is 0.627 bits per heavy atom. The predicted octanol–water partition coefficient (Wildman–Crippen LogP) is 10.5. The van der Waals surface area contributed by atoms with Crippen LogP contribution in [0.4, 0.5) is 10.2 Å². The molecule has 4 aromatic carbocycles. The summed E-state index contributed by atoms with van der Waals surface area (Å²) in [6.45, 7) is 5.32. The van der Waals surface area contributed by atoms with Gasteiger partial charge in [-0.3, -0.25) is 0 Å². The van der Waals surface area contributed by atoms with Crippen LogP contribution in [0.15, 0.2) is 122 Å². The van der Waals surface area contributed by atoms with Crippen LogP contribution in [-0.4, -0.2) is 73.4 Å². The fraction of sp³-hybridized carbons (Fsp3) is 0.277. The third-order valence-electron chi connectivity index (χ3n) is 9.63. The number of anilines is 1. The fourth-order valence-corrected chi connectivity index (χ4v) is 7.04. The molecule has 2 aromatic heterocycles. The van der Waals surface area contributed by atoms with Crippen molar-refractivity contribution in [3.8, 4) is 33.8 Å². The van der Waals surface area contributed by atoms with Gasteiger partial charge in [-0.1, -0.05) is 71.7 Å². The monoisotopic (exact) mass is 1060 g/mol. The van der Waals surface area contributed by atoms with Crippen LogP contribution in [-0.2, 0) is 22.3 Å². The number of pyridine rings is 2. The molecule has 2 fully saturated rings. The van der Waals surface area contributed by atoms with Crippen molar-refractivity contribution in [2.45, 2.75) is 32.1 Å². The Morgan fingerprint density at radius 2 is 1.12 bits per heavy atom. The van der Waals surface area contributed by atoms with E-state index < -0.39 is 5.95 Å². The van der Waals surface area contributed by atoms with E-state index in [9.17, 15) is 4.39 Å². The first-order chi connectivity index (χ1) is 28.9. The summed E-state index contributed by atoms with van der Waals surface area (Å²) in [6.07, 6.45) is 8.94. The number of hydrogen-bond acceptors (Lipinski definition) is 7. The molecule has 0 amide bonds. The van der Waals surface area contributed by atoms with Crippen molar-refractivity contribution >= 4 is 37.4 Å². The summed E-state index contributed by atoms with van der Waals surface area (Å²) in [4.78, 5) is 10.6. The van der Waals surface area contributed by atoms with Gasteiger partial charge in [-0.2, -0.15) is 4.39 Å². The summed E-state index contributed by atoms with van der Waals surface area (Å²) in [5.74, 6) is 2.17. The zero-order chi connectivity index (χ0) is 41.8. The number of halogens is 3. The van der Waals surface area contributed by atoms with Crippen molar-refractivity contribution in [3.63, 3.8) is 0 Å². The van der Waals surface area contributed by atoms with E-state index in [4.69, 9.17) is 43.5 Å². The van der Waals surface area contributed by atoms with Crippen molar-refractivity contribution in [1.82, 2.24) is 9.97 Å². The summed E-state index contributed by atoms with van der Waals surface area (Å²) in [6, 6.07) is 35.1. The summed E-state index contributed by atoms with van der Waals surface area (Å²) < 4.78 is 39.6. The van der Waals surface area contributed by atoms with Crippen LogP contribution in [0.1, 0.15) is 41.5 Å². The second-order valence-electron chi connectivity index (χ2n) is 13.7. The van der Waals surface area contributed by atoms with Gasteiger partial charge in [0, 0.05) is 99.4 Å². The first-order valence-electron chi connectivity index (χ1n) is 19.8. The molecule has 2 radical (unpaired) electrons. The minimum atomic E-state index is -0.469. The topological polar surface area (TPSA) is 65.9 Å². The van der Waals surface area contributed by atoms with E-state index in [1.165, 1.54) is 36.5 Å². The molecular formula is C47H49BCl2FN3O4U. The molecular weight excluding hydrogens is 1010 g/mol. The zero-order valence-corrected chi connectivity index (χ0v) is 39.2. The third-order valence-corrected chi connectivity index (χ3v) is 10.1. The summed E-state index contributed by atoms with van der Waals surface area (Å²) in [5.41, 5.74) is 8.49. The average Bonchev–Trinajstić information content (AvgIpc) is 3.29. The Kier molecular flexibility index (Phi) is 19.6. The SMILES string of the molecule is C1CCOCC1.COc1ccc(Cc2ccc(F)nc2)cc1-c1cccc(Cl)c1.COc1ccc(Cc2ccc(N3CCOCC3)nc2)cc1-c1cccc(Cl)c1.[2H][B].[U]. The Morgan fingerprint density at radius 3 is 1.53 bits per heavy atom. The van der Waals surface area contributed by atoms with Gasteiger partial charge in [0.25, 0.3) is 0 Å². The minimum absolute atomic E-state index is 0. The molecule has 304 valence electrons. The van der Waals surface area contributed by atoms with Gasteiger partial charge in [0.05, 0.1) is 27.4 Å². The number of morpholine rings is 1. The van der Waals surface area contributed by atoms with Gasteiger partial charge in [0.1, 0.15) is 17.3 Å². The van der Waals surface area contributed by atoms with Crippen molar-refractivity contribution in [3.05, 3.63) is 160 Å². The van der Waals surface area contributed by atoms with E-state index in [0.29, 0.717) is 16.5 Å². The maximum absolute atomic E-state index is 12.9. The van der Waals surface area contributed by atoms with Crippen LogP contribution in [0.25, 0.3) is 22.3 Å². The molecule has 7 nitrogen and oxygen atoms in total. The molecule has 0 N–H and O–H groups in total. The van der Waals surface area contributed by atoms with Crippen LogP contribution < -0.4 is 14.4 Å². The maximum Gasteiger partial charge on any atom is 0.212 e. The van der Waals surface area contributed by atoms with Gasteiger partial charge < -0.3 is 23.8 Å². The largest absolute Gasteiger partial charge is 0.496 e. The molecule has 0 bridgehead atoms. The molecule has 2 aliphatic rings. The zero-order valence-electron chi connectivity index (χ0n) is 34.5. The van der Waals surface area contributed by atoms with E-state index in [1.807, 2.05) is 72.9 Å². The van der Waals surface area contributed by atoms with Crippen LogP contribution >= 0.6 is 23.2 Å². The van der Waals surface area contributed by atoms with Crippen LogP contribution in [0.3, 0.4) is 0 Å². The number of aromatic nitrogens is 2. The Bertz CT molecular complexity index is 2170. The van der Waals surface area contributed by atoms with Crippen molar-refractivity contribution in [2.24, 2.45) is 0 Å². The normalized spacial score (nSPS) is 13.4. The Balaban J connectivity index is 0.000000223. The van der Waals surface area contributed by atoms with E-state index >= 15 is 0 Å². The second kappa shape index (κ2) is 25.0. The molecule has 0 saturated carbocycles. The van der Waals surface area contributed by atoms with Crippen LogP contribution in [0.2, 0.25) is 10.0 Å². The van der Waals surface area contributed by atoms with E-state index in [-0.39, 0.29) is 31.1 Å². The molecule has 0 unspecified atom stereocenters. The molecule has 2 aliphatic heterocycles. The van der Waals surface area contributed by atoms with Gasteiger partial charge >= 0.3 is 0 Å². The van der Waals surface area contributed by atoms with Crippen molar-refractivity contribution < 1.29 is 54.5 Å². The molecule has 0 aliphatic carbocycles. The number of benzene rings is 4. The number of nitrogens with zero attached hydrogens (tertiary/aromatic N) is 3. The molecule has 59 heavy (non-hydrogen) atoms. The molecule has 0 spiro atoms. The van der Waals surface area contributed by atoms with Gasteiger partial charge in [0.15, 0.2) is 0 Å². The molecule has 12 heteroatoms. The number of methoxy groups -OCH3 is 2. The van der Waals surface area contributed by atoms with E-state index in [0.717, 1.165) is 96.6 Å². The fourth-order valence-electron chi connectivity index (χ4n) is 6.66. The van der Waals surface area contributed by atoms with Crippen molar-refractivity contribution in [1.29, 1.82) is 1.34 Å². The Hall–Kier alpha value is -3.87. The third kappa shape index (κ3) is 14.7. The average molecular weight is 1060 g/mol.